The molecule has 0 unspecified atom stereocenters. The van der Waals surface area contributed by atoms with Crippen LogP contribution in [-0.4, -0.2) is 0 Å². The molecule has 0 aliphatic carbocycles. The molecule has 0 fully saturated rings. The lowest BCUT2D eigenvalue weighted by Gasteiger charge is -2.13. The monoisotopic (exact) mass is 612 g/mol. The minimum atomic E-state index is 0.780. The first kappa shape index (κ1) is 26.8. The van der Waals surface area contributed by atoms with Gasteiger partial charge in [-0.15, -0.1) is 0 Å². The van der Waals surface area contributed by atoms with Crippen LogP contribution in [0.15, 0.2) is 179 Å². The summed E-state index contributed by atoms with van der Waals surface area (Å²) in [6.45, 7) is 0. The first-order chi connectivity index (χ1) is 23.8. The van der Waals surface area contributed by atoms with Crippen molar-refractivity contribution < 1.29 is 8.83 Å². The van der Waals surface area contributed by atoms with Gasteiger partial charge in [0.05, 0.1) is 0 Å². The van der Waals surface area contributed by atoms with E-state index in [1.807, 2.05) is 0 Å². The Morgan fingerprint density at radius 2 is 0.771 bits per heavy atom. The number of furan rings is 2. The molecule has 0 saturated heterocycles. The molecule has 8 aromatic carbocycles. The predicted octanol–water partition coefficient (Wildman–Crippen LogP) is 13.3. The summed E-state index contributed by atoms with van der Waals surface area (Å²) in [6.07, 6.45) is 0. The largest absolute Gasteiger partial charge is 0.452 e. The molecule has 2 aromatic heterocycles. The molecule has 224 valence electrons. The molecule has 0 bridgehead atoms. The van der Waals surface area contributed by atoms with Gasteiger partial charge in [-0.05, 0) is 85.6 Å². The summed E-state index contributed by atoms with van der Waals surface area (Å²) in [5.74, 6) is 0. The first-order valence-electron chi connectivity index (χ1n) is 16.3. The van der Waals surface area contributed by atoms with Crippen molar-refractivity contribution in [2.24, 2.45) is 0 Å². The topological polar surface area (TPSA) is 26.3 Å². The fourth-order valence-corrected chi connectivity index (χ4v) is 7.51. The Labute approximate surface area is 277 Å². The SMILES string of the molecule is c1ccc(-c2ccccc2-c2ccc3c(c2)oc2c3ccc3c2oc2cc(-c4ccccc4-c4ccccc4)c4ccccc4c23)cc1. The molecule has 0 aliphatic rings. The van der Waals surface area contributed by atoms with Crippen molar-refractivity contribution in [1.82, 2.24) is 0 Å². The van der Waals surface area contributed by atoms with E-state index in [1.165, 1.54) is 44.2 Å². The van der Waals surface area contributed by atoms with E-state index in [2.05, 4.69) is 170 Å². The molecule has 10 aromatic rings. The Bertz CT molecular complexity index is 2820. The van der Waals surface area contributed by atoms with Gasteiger partial charge in [0.2, 0.25) is 0 Å². The van der Waals surface area contributed by atoms with Gasteiger partial charge in [0, 0.05) is 21.5 Å². The van der Waals surface area contributed by atoms with Crippen LogP contribution in [0.2, 0.25) is 0 Å². The van der Waals surface area contributed by atoms with Gasteiger partial charge >= 0.3 is 0 Å². The summed E-state index contributed by atoms with van der Waals surface area (Å²) in [5, 5.41) is 6.67. The van der Waals surface area contributed by atoms with Crippen LogP contribution < -0.4 is 0 Å². The van der Waals surface area contributed by atoms with Crippen molar-refractivity contribution in [2.75, 3.05) is 0 Å². The van der Waals surface area contributed by atoms with Crippen LogP contribution in [0.1, 0.15) is 0 Å². The van der Waals surface area contributed by atoms with E-state index in [1.54, 1.807) is 0 Å². The summed E-state index contributed by atoms with van der Waals surface area (Å²) in [7, 11) is 0. The van der Waals surface area contributed by atoms with E-state index in [9.17, 15) is 0 Å². The van der Waals surface area contributed by atoms with Crippen molar-refractivity contribution in [1.29, 1.82) is 0 Å². The van der Waals surface area contributed by atoms with Crippen molar-refractivity contribution in [2.45, 2.75) is 0 Å². The van der Waals surface area contributed by atoms with Crippen LogP contribution in [0.25, 0.3) is 99.2 Å². The standard InChI is InChI=1S/C46H28O2/c1-3-13-29(14-4-1)32-17-7-8-19-34(32)31-23-24-37-39-25-26-40-44-38-22-12-11-21-36(38)41(28-43(44)48-46(40)45(39)47-42(37)27-31)35-20-10-9-18-33(35)30-15-5-2-6-16-30/h1-28H. The summed E-state index contributed by atoms with van der Waals surface area (Å²) in [4.78, 5) is 0. The molecule has 0 radical (unpaired) electrons. The van der Waals surface area contributed by atoms with E-state index in [4.69, 9.17) is 8.83 Å². The predicted molar refractivity (Wildman–Crippen MR) is 200 cm³/mol. The zero-order valence-corrected chi connectivity index (χ0v) is 26.0. The normalized spacial score (nSPS) is 11.8. The van der Waals surface area contributed by atoms with Crippen molar-refractivity contribution in [3.8, 4) is 44.5 Å². The first-order valence-corrected chi connectivity index (χ1v) is 16.3. The number of fused-ring (bicyclic) bond motifs is 9. The van der Waals surface area contributed by atoms with Gasteiger partial charge in [-0.25, -0.2) is 0 Å². The molecule has 48 heavy (non-hydrogen) atoms. The van der Waals surface area contributed by atoms with E-state index in [-0.39, 0.29) is 0 Å². The number of hydrogen-bond donors (Lipinski definition) is 0. The highest BCUT2D eigenvalue weighted by Crippen LogP contribution is 2.45. The molecule has 0 N–H and O–H groups in total. The molecule has 0 amide bonds. The highest BCUT2D eigenvalue weighted by atomic mass is 16.4. The molecule has 2 heteroatoms. The molecule has 2 nitrogen and oxygen atoms in total. The quantitative estimate of drug-likeness (QED) is 0.198. The Morgan fingerprint density at radius 1 is 0.271 bits per heavy atom. The highest BCUT2D eigenvalue weighted by molar-refractivity contribution is 6.26. The Morgan fingerprint density at radius 3 is 1.48 bits per heavy atom. The van der Waals surface area contributed by atoms with Crippen LogP contribution in [0.4, 0.5) is 0 Å². The maximum absolute atomic E-state index is 6.81. The molecule has 0 aliphatic heterocycles. The second-order valence-corrected chi connectivity index (χ2v) is 12.4. The van der Waals surface area contributed by atoms with Crippen LogP contribution in [0, 0.1) is 0 Å². The Hall–Kier alpha value is -6.38. The van der Waals surface area contributed by atoms with E-state index in [0.29, 0.717) is 0 Å². The van der Waals surface area contributed by atoms with Crippen LogP contribution in [-0.2, 0) is 0 Å². The smallest absolute Gasteiger partial charge is 0.178 e. The zero-order chi connectivity index (χ0) is 31.6. The molecule has 2 heterocycles. The lowest BCUT2D eigenvalue weighted by molar-refractivity contribution is 0.633. The summed E-state index contributed by atoms with van der Waals surface area (Å²) in [5.41, 5.74) is 12.7. The lowest BCUT2D eigenvalue weighted by Crippen LogP contribution is -1.87. The average molecular weight is 613 g/mol. The lowest BCUT2D eigenvalue weighted by atomic mass is 9.90. The van der Waals surface area contributed by atoms with Gasteiger partial charge in [-0.2, -0.15) is 0 Å². The molecule has 0 atom stereocenters. The number of rotatable bonds is 4. The van der Waals surface area contributed by atoms with Crippen molar-refractivity contribution in [3.05, 3.63) is 170 Å². The maximum atomic E-state index is 6.81. The third kappa shape index (κ3) is 4.06. The highest BCUT2D eigenvalue weighted by Gasteiger charge is 2.21. The van der Waals surface area contributed by atoms with Gasteiger partial charge in [0.1, 0.15) is 11.2 Å². The third-order valence-corrected chi connectivity index (χ3v) is 9.71. The molecular formula is C46H28O2. The van der Waals surface area contributed by atoms with E-state index >= 15 is 0 Å². The van der Waals surface area contributed by atoms with Gasteiger partial charge in [-0.1, -0.05) is 140 Å². The van der Waals surface area contributed by atoms with E-state index < -0.39 is 0 Å². The fraction of sp³-hybridized carbons (Fsp3) is 0. The van der Waals surface area contributed by atoms with Gasteiger partial charge in [0.25, 0.3) is 0 Å². The van der Waals surface area contributed by atoms with E-state index in [0.717, 1.165) is 55.0 Å². The maximum Gasteiger partial charge on any atom is 0.178 e. The second-order valence-electron chi connectivity index (χ2n) is 12.4. The fourth-order valence-electron chi connectivity index (χ4n) is 7.51. The van der Waals surface area contributed by atoms with Crippen LogP contribution in [0.3, 0.4) is 0 Å². The number of hydrogen-bond acceptors (Lipinski definition) is 2. The minimum absolute atomic E-state index is 0.780. The average Bonchev–Trinajstić information content (AvgIpc) is 3.73. The van der Waals surface area contributed by atoms with Crippen LogP contribution in [0.5, 0.6) is 0 Å². The third-order valence-electron chi connectivity index (χ3n) is 9.71. The van der Waals surface area contributed by atoms with Gasteiger partial charge in [-0.3, -0.25) is 0 Å². The molecule has 0 spiro atoms. The Balaban J connectivity index is 1.19. The van der Waals surface area contributed by atoms with Gasteiger partial charge in [0.15, 0.2) is 11.2 Å². The number of benzene rings is 8. The zero-order valence-electron chi connectivity index (χ0n) is 26.0. The summed E-state index contributed by atoms with van der Waals surface area (Å²) < 4.78 is 13.5. The Kier molecular flexibility index (Phi) is 5.91. The van der Waals surface area contributed by atoms with Crippen molar-refractivity contribution in [3.63, 3.8) is 0 Å². The van der Waals surface area contributed by atoms with Crippen molar-refractivity contribution >= 4 is 54.6 Å². The summed E-state index contributed by atoms with van der Waals surface area (Å²) in [6, 6.07) is 60.1. The van der Waals surface area contributed by atoms with Gasteiger partial charge < -0.3 is 8.83 Å². The minimum Gasteiger partial charge on any atom is -0.452 e. The van der Waals surface area contributed by atoms with Crippen LogP contribution >= 0.6 is 0 Å². The second kappa shape index (κ2) is 10.6. The summed E-state index contributed by atoms with van der Waals surface area (Å²) >= 11 is 0. The molecule has 10 rings (SSSR count). The molecular weight excluding hydrogens is 585 g/mol. The molecule has 0 saturated carbocycles.